The topological polar surface area (TPSA) is 105 Å². The van der Waals surface area contributed by atoms with Crippen molar-refractivity contribution in [3.63, 3.8) is 0 Å². The summed E-state index contributed by atoms with van der Waals surface area (Å²) in [6, 6.07) is 4.62. The molecule has 1 aromatic heterocycles. The van der Waals surface area contributed by atoms with Crippen molar-refractivity contribution in [2.75, 3.05) is 0 Å². The number of halogens is 2. The van der Waals surface area contributed by atoms with Gasteiger partial charge in [-0.05, 0) is 50.3 Å². The second-order valence-corrected chi connectivity index (χ2v) is 9.06. The van der Waals surface area contributed by atoms with Gasteiger partial charge >= 0.3 is 0 Å². The van der Waals surface area contributed by atoms with Gasteiger partial charge in [-0.25, -0.2) is 23.1 Å². The minimum absolute atomic E-state index is 0.0210. The number of nitriles is 1. The van der Waals surface area contributed by atoms with Gasteiger partial charge in [-0.15, -0.1) is 0 Å². The third-order valence-corrected chi connectivity index (χ3v) is 6.94. The number of hydrogen-bond donors (Lipinski definition) is 1. The number of aryl methyl sites for hydroxylation is 1. The zero-order valence-corrected chi connectivity index (χ0v) is 17.4. The summed E-state index contributed by atoms with van der Waals surface area (Å²) in [6.07, 6.45) is 5.19. The van der Waals surface area contributed by atoms with Crippen LogP contribution in [-0.2, 0) is 10.0 Å². The molecule has 0 amide bonds. The largest absolute Gasteiger partial charge is 0.472 e. The summed E-state index contributed by atoms with van der Waals surface area (Å²) >= 11 is 12.1. The summed E-state index contributed by atoms with van der Waals surface area (Å²) < 4.78 is 33.9. The van der Waals surface area contributed by atoms with Crippen LogP contribution >= 0.6 is 23.2 Å². The molecule has 1 aliphatic rings. The molecule has 0 spiro atoms. The van der Waals surface area contributed by atoms with E-state index in [4.69, 9.17) is 33.2 Å². The van der Waals surface area contributed by atoms with Crippen LogP contribution < -0.4 is 9.46 Å². The highest BCUT2D eigenvalue weighted by atomic mass is 35.5. The molecule has 1 saturated carbocycles. The standard InChI is InChI=1S/C18H18Cl2N4O3S/c1-11-8-17(15(20)9-14(11)19)28(25,26)24-12-2-4-13(5-3-12)27-18-16(10-21)22-6-7-23-18/h6-9,12-13,24H,2-5H2,1H3. The van der Waals surface area contributed by atoms with Gasteiger partial charge in [0.2, 0.25) is 15.7 Å². The first-order chi connectivity index (χ1) is 13.3. The van der Waals surface area contributed by atoms with Crippen LogP contribution in [0.3, 0.4) is 0 Å². The number of nitrogens with zero attached hydrogens (tertiary/aromatic N) is 3. The van der Waals surface area contributed by atoms with E-state index in [0.717, 1.165) is 0 Å². The third-order valence-electron chi connectivity index (χ3n) is 4.55. The fourth-order valence-electron chi connectivity index (χ4n) is 3.06. The van der Waals surface area contributed by atoms with E-state index in [2.05, 4.69) is 14.7 Å². The maximum atomic E-state index is 12.7. The Morgan fingerprint density at radius 1 is 1.14 bits per heavy atom. The lowest BCUT2D eigenvalue weighted by Crippen LogP contribution is -2.39. The average Bonchev–Trinajstić information content (AvgIpc) is 2.66. The molecule has 148 valence electrons. The summed E-state index contributed by atoms with van der Waals surface area (Å²) in [6.45, 7) is 1.72. The van der Waals surface area contributed by atoms with Gasteiger partial charge in [0.05, 0.1) is 5.02 Å². The van der Waals surface area contributed by atoms with Gasteiger partial charge in [0.15, 0.2) is 0 Å². The zero-order valence-electron chi connectivity index (χ0n) is 15.0. The average molecular weight is 441 g/mol. The summed E-state index contributed by atoms with van der Waals surface area (Å²) in [4.78, 5) is 7.98. The summed E-state index contributed by atoms with van der Waals surface area (Å²) in [5, 5.41) is 9.57. The SMILES string of the molecule is Cc1cc(S(=O)(=O)NC2CCC(Oc3nccnc3C#N)CC2)c(Cl)cc1Cl. The minimum atomic E-state index is -3.76. The molecule has 0 radical (unpaired) electrons. The van der Waals surface area contributed by atoms with Crippen LogP contribution in [0, 0.1) is 18.3 Å². The number of hydrogen-bond acceptors (Lipinski definition) is 6. The molecule has 1 N–H and O–H groups in total. The molecule has 1 heterocycles. The predicted molar refractivity (Wildman–Crippen MR) is 105 cm³/mol. The Hall–Kier alpha value is -1.92. The van der Waals surface area contributed by atoms with Crippen LogP contribution in [0.5, 0.6) is 5.88 Å². The number of benzene rings is 1. The maximum Gasteiger partial charge on any atom is 0.251 e. The second kappa shape index (κ2) is 8.62. The lowest BCUT2D eigenvalue weighted by atomic mass is 9.94. The molecule has 0 unspecified atom stereocenters. The monoisotopic (exact) mass is 440 g/mol. The van der Waals surface area contributed by atoms with Gasteiger partial charge in [-0.3, -0.25) is 0 Å². The van der Waals surface area contributed by atoms with E-state index in [1.807, 2.05) is 6.07 Å². The zero-order chi connectivity index (χ0) is 20.3. The first-order valence-corrected chi connectivity index (χ1v) is 10.9. The molecule has 1 aromatic carbocycles. The Morgan fingerprint density at radius 3 is 2.50 bits per heavy atom. The normalized spacial score (nSPS) is 19.8. The Labute approximate surface area is 173 Å². The highest BCUT2D eigenvalue weighted by Gasteiger charge is 2.28. The highest BCUT2D eigenvalue weighted by Crippen LogP contribution is 2.30. The van der Waals surface area contributed by atoms with Gasteiger partial charge in [-0.1, -0.05) is 23.2 Å². The number of sulfonamides is 1. The van der Waals surface area contributed by atoms with Crippen molar-refractivity contribution >= 4 is 33.2 Å². The number of nitrogens with one attached hydrogen (secondary N) is 1. The Kier molecular flexibility index (Phi) is 6.40. The molecular weight excluding hydrogens is 423 g/mol. The van der Waals surface area contributed by atoms with E-state index in [1.165, 1.54) is 24.5 Å². The predicted octanol–water partition coefficient (Wildman–Crippen LogP) is 3.63. The van der Waals surface area contributed by atoms with E-state index in [0.29, 0.717) is 36.3 Å². The van der Waals surface area contributed by atoms with Crippen molar-refractivity contribution < 1.29 is 13.2 Å². The fourth-order valence-corrected chi connectivity index (χ4v) is 5.20. The molecule has 3 rings (SSSR count). The highest BCUT2D eigenvalue weighted by molar-refractivity contribution is 7.89. The number of ether oxygens (including phenoxy) is 1. The van der Waals surface area contributed by atoms with Crippen molar-refractivity contribution in [1.29, 1.82) is 5.26 Å². The fraction of sp³-hybridized carbons (Fsp3) is 0.389. The Morgan fingerprint density at radius 2 is 1.82 bits per heavy atom. The lowest BCUT2D eigenvalue weighted by Gasteiger charge is -2.29. The molecule has 1 aliphatic carbocycles. The summed E-state index contributed by atoms with van der Waals surface area (Å²) in [7, 11) is -3.76. The van der Waals surface area contributed by atoms with E-state index in [9.17, 15) is 8.42 Å². The third kappa shape index (κ3) is 4.73. The van der Waals surface area contributed by atoms with Gasteiger partial charge in [0, 0.05) is 23.5 Å². The van der Waals surface area contributed by atoms with Gasteiger partial charge in [-0.2, -0.15) is 5.26 Å². The summed E-state index contributed by atoms with van der Waals surface area (Å²) in [5.74, 6) is 0.206. The molecule has 0 bridgehead atoms. The van der Waals surface area contributed by atoms with Gasteiger partial charge in [0.1, 0.15) is 17.1 Å². The van der Waals surface area contributed by atoms with Crippen LogP contribution in [-0.4, -0.2) is 30.5 Å². The first kappa shape index (κ1) is 20.8. The van der Waals surface area contributed by atoms with Crippen molar-refractivity contribution in [3.05, 3.63) is 45.8 Å². The maximum absolute atomic E-state index is 12.7. The van der Waals surface area contributed by atoms with E-state index < -0.39 is 10.0 Å². The van der Waals surface area contributed by atoms with Crippen LogP contribution in [0.1, 0.15) is 36.9 Å². The molecule has 0 aliphatic heterocycles. The smallest absolute Gasteiger partial charge is 0.251 e. The van der Waals surface area contributed by atoms with Crippen molar-refractivity contribution in [2.24, 2.45) is 0 Å². The van der Waals surface area contributed by atoms with Crippen LogP contribution in [0.15, 0.2) is 29.4 Å². The number of rotatable bonds is 5. The molecule has 10 heteroatoms. The second-order valence-electron chi connectivity index (χ2n) is 6.57. The van der Waals surface area contributed by atoms with Crippen LogP contribution in [0.25, 0.3) is 0 Å². The lowest BCUT2D eigenvalue weighted by molar-refractivity contribution is 0.137. The first-order valence-electron chi connectivity index (χ1n) is 8.66. The van der Waals surface area contributed by atoms with E-state index in [-0.39, 0.29) is 33.6 Å². The molecule has 28 heavy (non-hydrogen) atoms. The van der Waals surface area contributed by atoms with E-state index >= 15 is 0 Å². The quantitative estimate of drug-likeness (QED) is 0.760. The van der Waals surface area contributed by atoms with Crippen molar-refractivity contribution in [2.45, 2.75) is 49.6 Å². The van der Waals surface area contributed by atoms with Gasteiger partial charge in [0.25, 0.3) is 5.88 Å². The Balaban J connectivity index is 1.63. The van der Waals surface area contributed by atoms with Crippen LogP contribution in [0.4, 0.5) is 0 Å². The van der Waals surface area contributed by atoms with Crippen LogP contribution in [0.2, 0.25) is 10.0 Å². The molecular formula is C18H18Cl2N4O3S. The van der Waals surface area contributed by atoms with Gasteiger partial charge < -0.3 is 4.74 Å². The molecule has 0 atom stereocenters. The molecule has 1 fully saturated rings. The summed E-state index contributed by atoms with van der Waals surface area (Å²) in [5.41, 5.74) is 0.777. The van der Waals surface area contributed by atoms with E-state index in [1.54, 1.807) is 6.92 Å². The molecule has 7 nitrogen and oxygen atoms in total. The molecule has 0 saturated heterocycles. The molecule has 2 aromatic rings. The Bertz CT molecular complexity index is 1020. The van der Waals surface area contributed by atoms with Crippen molar-refractivity contribution in [3.8, 4) is 11.9 Å². The minimum Gasteiger partial charge on any atom is -0.472 e. The number of aromatic nitrogens is 2. The van der Waals surface area contributed by atoms with Crippen molar-refractivity contribution in [1.82, 2.24) is 14.7 Å².